The molecule has 0 amide bonds. The number of nitrogens with zero attached hydrogens (tertiary/aromatic N) is 3. The summed E-state index contributed by atoms with van der Waals surface area (Å²) < 4.78 is 1.85. The smallest absolute Gasteiger partial charge is 0.153 e. The molecular formula is C16H17Cl2N5. The first-order valence-corrected chi connectivity index (χ1v) is 8.15. The molecule has 120 valence electrons. The summed E-state index contributed by atoms with van der Waals surface area (Å²) in [4.78, 5) is 4.35. The molecule has 1 aromatic carbocycles. The van der Waals surface area contributed by atoms with Crippen molar-refractivity contribution in [1.29, 1.82) is 0 Å². The van der Waals surface area contributed by atoms with E-state index in [0.29, 0.717) is 16.6 Å². The topological polar surface area (TPSA) is 54.2 Å². The quantitative estimate of drug-likeness (QED) is 0.711. The number of imidazole rings is 1. The molecule has 0 radical (unpaired) electrons. The second-order valence-corrected chi connectivity index (χ2v) is 5.93. The minimum atomic E-state index is 0.553. The molecule has 3 rings (SSSR count). The summed E-state index contributed by atoms with van der Waals surface area (Å²) in [6, 6.07) is 9.44. The number of hydrogen-bond acceptors (Lipinski definition) is 4. The SMILES string of the molecule is CCNCc1cnc2ccc(NCc3ccc(Cl)c(Cl)c3)nn12. The van der Waals surface area contributed by atoms with E-state index in [2.05, 4.69) is 27.6 Å². The Morgan fingerprint density at radius 2 is 1.96 bits per heavy atom. The van der Waals surface area contributed by atoms with Crippen molar-refractivity contribution >= 4 is 34.7 Å². The van der Waals surface area contributed by atoms with Gasteiger partial charge < -0.3 is 10.6 Å². The Kier molecular flexibility index (Phi) is 5.00. The molecule has 2 aromatic heterocycles. The molecular weight excluding hydrogens is 333 g/mol. The number of rotatable bonds is 6. The highest BCUT2D eigenvalue weighted by atomic mass is 35.5. The third-order valence-electron chi connectivity index (χ3n) is 3.45. The summed E-state index contributed by atoms with van der Waals surface area (Å²) >= 11 is 12.0. The Balaban J connectivity index is 1.75. The van der Waals surface area contributed by atoms with E-state index in [4.69, 9.17) is 23.2 Å². The van der Waals surface area contributed by atoms with Crippen LogP contribution in [0.2, 0.25) is 10.0 Å². The van der Waals surface area contributed by atoms with Crippen LogP contribution < -0.4 is 10.6 Å². The highest BCUT2D eigenvalue weighted by Gasteiger charge is 2.06. The molecule has 23 heavy (non-hydrogen) atoms. The molecule has 3 aromatic rings. The molecule has 0 bridgehead atoms. The fourth-order valence-electron chi connectivity index (χ4n) is 2.23. The second kappa shape index (κ2) is 7.17. The minimum Gasteiger partial charge on any atom is -0.365 e. The van der Waals surface area contributed by atoms with Crippen LogP contribution in [0.3, 0.4) is 0 Å². The Morgan fingerprint density at radius 3 is 2.74 bits per heavy atom. The lowest BCUT2D eigenvalue weighted by Crippen LogP contribution is -2.14. The number of hydrogen-bond donors (Lipinski definition) is 2. The van der Waals surface area contributed by atoms with Crippen LogP contribution in [-0.4, -0.2) is 21.1 Å². The standard InChI is InChI=1S/C16H17Cl2N5/c1-2-19-9-12-10-21-16-6-5-15(22-23(12)16)20-8-11-3-4-13(17)14(18)7-11/h3-7,10,19H,2,8-9H2,1H3,(H,20,22). The maximum atomic E-state index is 6.03. The van der Waals surface area contributed by atoms with E-state index in [1.165, 1.54) is 0 Å². The van der Waals surface area contributed by atoms with Gasteiger partial charge in [-0.05, 0) is 36.4 Å². The highest BCUT2D eigenvalue weighted by molar-refractivity contribution is 6.42. The third kappa shape index (κ3) is 3.75. The Hall–Kier alpha value is -1.82. The Morgan fingerprint density at radius 1 is 1.09 bits per heavy atom. The molecule has 5 nitrogen and oxygen atoms in total. The molecule has 0 spiro atoms. The van der Waals surface area contributed by atoms with Gasteiger partial charge in [0.25, 0.3) is 0 Å². The van der Waals surface area contributed by atoms with Crippen LogP contribution in [0.4, 0.5) is 5.82 Å². The monoisotopic (exact) mass is 349 g/mol. The van der Waals surface area contributed by atoms with E-state index in [9.17, 15) is 0 Å². The lowest BCUT2D eigenvalue weighted by atomic mass is 10.2. The first-order chi connectivity index (χ1) is 11.2. The molecule has 0 aliphatic rings. The number of nitrogens with one attached hydrogen (secondary N) is 2. The van der Waals surface area contributed by atoms with Gasteiger partial charge in [-0.1, -0.05) is 36.2 Å². The fraction of sp³-hybridized carbons (Fsp3) is 0.250. The first-order valence-electron chi connectivity index (χ1n) is 7.39. The highest BCUT2D eigenvalue weighted by Crippen LogP contribution is 2.23. The van der Waals surface area contributed by atoms with Crippen LogP contribution in [0.25, 0.3) is 5.65 Å². The average molecular weight is 350 g/mol. The number of aromatic nitrogens is 3. The van der Waals surface area contributed by atoms with Gasteiger partial charge in [-0.25, -0.2) is 9.50 Å². The van der Waals surface area contributed by atoms with E-state index in [-0.39, 0.29) is 0 Å². The number of halogens is 2. The molecule has 0 saturated carbocycles. The Bertz CT molecular complexity index is 815. The molecule has 0 fully saturated rings. The van der Waals surface area contributed by atoms with Gasteiger partial charge in [0.15, 0.2) is 5.65 Å². The van der Waals surface area contributed by atoms with Crippen LogP contribution >= 0.6 is 23.2 Å². The van der Waals surface area contributed by atoms with Crippen molar-refractivity contribution in [2.45, 2.75) is 20.0 Å². The lowest BCUT2D eigenvalue weighted by molar-refractivity contribution is 0.689. The molecule has 0 unspecified atom stereocenters. The van der Waals surface area contributed by atoms with Crippen molar-refractivity contribution in [2.24, 2.45) is 0 Å². The molecule has 0 aliphatic carbocycles. The number of anilines is 1. The van der Waals surface area contributed by atoms with Gasteiger partial charge in [0.1, 0.15) is 5.82 Å². The summed E-state index contributed by atoms with van der Waals surface area (Å²) in [5, 5.41) is 12.3. The summed E-state index contributed by atoms with van der Waals surface area (Å²) in [5.74, 6) is 0.777. The second-order valence-electron chi connectivity index (χ2n) is 5.12. The summed E-state index contributed by atoms with van der Waals surface area (Å²) in [6.45, 7) is 4.33. The fourth-order valence-corrected chi connectivity index (χ4v) is 2.55. The molecule has 0 saturated heterocycles. The normalized spacial score (nSPS) is 11.1. The molecule has 2 N–H and O–H groups in total. The zero-order valence-electron chi connectivity index (χ0n) is 12.7. The maximum absolute atomic E-state index is 6.03. The van der Waals surface area contributed by atoms with E-state index in [1.807, 2.05) is 35.0 Å². The Labute approximate surface area is 144 Å². The lowest BCUT2D eigenvalue weighted by Gasteiger charge is -2.08. The van der Waals surface area contributed by atoms with Crippen molar-refractivity contribution in [2.75, 3.05) is 11.9 Å². The minimum absolute atomic E-state index is 0.553. The predicted molar refractivity (Wildman–Crippen MR) is 94.2 cm³/mol. The predicted octanol–water partition coefficient (Wildman–Crippen LogP) is 3.76. The van der Waals surface area contributed by atoms with Crippen molar-refractivity contribution < 1.29 is 0 Å². The van der Waals surface area contributed by atoms with Gasteiger partial charge in [-0.3, -0.25) is 0 Å². The van der Waals surface area contributed by atoms with E-state index < -0.39 is 0 Å². The van der Waals surface area contributed by atoms with E-state index >= 15 is 0 Å². The summed E-state index contributed by atoms with van der Waals surface area (Å²) in [5.41, 5.74) is 2.90. The van der Waals surface area contributed by atoms with E-state index in [0.717, 1.165) is 35.8 Å². The summed E-state index contributed by atoms with van der Waals surface area (Å²) in [7, 11) is 0. The average Bonchev–Trinajstić information content (AvgIpc) is 2.96. The molecule has 0 atom stereocenters. The van der Waals surface area contributed by atoms with Crippen molar-refractivity contribution in [3.05, 3.63) is 57.8 Å². The molecule has 2 heterocycles. The van der Waals surface area contributed by atoms with Crippen LogP contribution in [-0.2, 0) is 13.1 Å². The largest absolute Gasteiger partial charge is 0.365 e. The third-order valence-corrected chi connectivity index (χ3v) is 4.19. The van der Waals surface area contributed by atoms with Crippen molar-refractivity contribution in [1.82, 2.24) is 19.9 Å². The number of benzene rings is 1. The van der Waals surface area contributed by atoms with Gasteiger partial charge in [-0.2, -0.15) is 0 Å². The zero-order chi connectivity index (χ0) is 16.2. The van der Waals surface area contributed by atoms with Gasteiger partial charge in [0, 0.05) is 13.1 Å². The number of fused-ring (bicyclic) bond motifs is 1. The van der Waals surface area contributed by atoms with Crippen LogP contribution in [0.1, 0.15) is 18.2 Å². The molecule has 0 aliphatic heterocycles. The van der Waals surface area contributed by atoms with Crippen LogP contribution in [0, 0.1) is 0 Å². The van der Waals surface area contributed by atoms with Crippen LogP contribution in [0.5, 0.6) is 0 Å². The zero-order valence-corrected chi connectivity index (χ0v) is 14.2. The van der Waals surface area contributed by atoms with Crippen molar-refractivity contribution in [3.8, 4) is 0 Å². The van der Waals surface area contributed by atoms with Gasteiger partial charge in [0.05, 0.1) is 21.9 Å². The molecule has 7 heteroatoms. The summed E-state index contributed by atoms with van der Waals surface area (Å²) in [6.07, 6.45) is 1.84. The van der Waals surface area contributed by atoms with Gasteiger partial charge in [0.2, 0.25) is 0 Å². The maximum Gasteiger partial charge on any atom is 0.153 e. The van der Waals surface area contributed by atoms with Gasteiger partial charge in [-0.15, -0.1) is 5.10 Å². The first kappa shape index (κ1) is 16.1. The van der Waals surface area contributed by atoms with Crippen LogP contribution in [0.15, 0.2) is 36.5 Å². The van der Waals surface area contributed by atoms with Crippen molar-refractivity contribution in [3.63, 3.8) is 0 Å². The van der Waals surface area contributed by atoms with Gasteiger partial charge >= 0.3 is 0 Å². The van der Waals surface area contributed by atoms with E-state index in [1.54, 1.807) is 6.07 Å².